The molecule has 1 aromatic rings. The van der Waals surface area contributed by atoms with Crippen LogP contribution < -0.4 is 0 Å². The van der Waals surface area contributed by atoms with Gasteiger partial charge in [0.2, 0.25) is 6.29 Å². The minimum Gasteiger partial charge on any atom is -0.508 e. The Kier molecular flexibility index (Phi) is 7.88. The van der Waals surface area contributed by atoms with Crippen molar-refractivity contribution in [1.82, 2.24) is 0 Å². The summed E-state index contributed by atoms with van der Waals surface area (Å²) in [7, 11) is 0. The van der Waals surface area contributed by atoms with Crippen LogP contribution in [-0.2, 0) is 28.5 Å². The Bertz CT molecular complexity index is 1050. The van der Waals surface area contributed by atoms with Crippen molar-refractivity contribution in [3.05, 3.63) is 47.7 Å². The molecule has 6 N–H and O–H groups in total. The monoisotopic (exact) mass is 522 g/mol. The summed E-state index contributed by atoms with van der Waals surface area (Å²) in [6.07, 6.45) is -4.79. The zero-order valence-corrected chi connectivity index (χ0v) is 19.9. The first-order valence-corrected chi connectivity index (χ1v) is 11.8. The van der Waals surface area contributed by atoms with Crippen LogP contribution in [0, 0.1) is 11.8 Å². The van der Waals surface area contributed by atoms with E-state index in [4.69, 9.17) is 18.9 Å². The number of carboxylic acids is 1. The third-order valence-corrected chi connectivity index (χ3v) is 7.01. The van der Waals surface area contributed by atoms with E-state index >= 15 is 0 Å². The van der Waals surface area contributed by atoms with E-state index in [-0.39, 0.29) is 11.3 Å². The fraction of sp³-hybridized carbons (Fsp3) is 0.520. The topological polar surface area (TPSA) is 192 Å². The van der Waals surface area contributed by atoms with Crippen molar-refractivity contribution in [2.45, 2.75) is 62.4 Å². The molecule has 0 radical (unpaired) electrons. The van der Waals surface area contributed by atoms with Gasteiger partial charge in [0.15, 0.2) is 6.29 Å². The summed E-state index contributed by atoms with van der Waals surface area (Å²) < 4.78 is 21.9. The van der Waals surface area contributed by atoms with E-state index in [1.165, 1.54) is 25.1 Å². The lowest BCUT2D eigenvalue weighted by Crippen LogP contribution is -2.61. The summed E-state index contributed by atoms with van der Waals surface area (Å²) >= 11 is 0. The van der Waals surface area contributed by atoms with Crippen molar-refractivity contribution in [3.8, 4) is 5.75 Å². The van der Waals surface area contributed by atoms with Crippen LogP contribution in [0.25, 0.3) is 6.08 Å². The lowest BCUT2D eigenvalue weighted by atomic mass is 9.81. The highest BCUT2D eigenvalue weighted by molar-refractivity contribution is 5.87. The number of aromatic hydroxyl groups is 1. The number of rotatable bonds is 7. The second kappa shape index (κ2) is 10.8. The number of hydrogen-bond acceptors (Lipinski definition) is 11. The number of phenols is 1. The van der Waals surface area contributed by atoms with Crippen molar-refractivity contribution in [1.29, 1.82) is 0 Å². The number of benzene rings is 1. The van der Waals surface area contributed by atoms with Gasteiger partial charge < -0.3 is 49.6 Å². The fourth-order valence-electron chi connectivity index (χ4n) is 4.96. The van der Waals surface area contributed by atoms with Crippen LogP contribution in [0.15, 0.2) is 42.2 Å². The van der Waals surface area contributed by atoms with E-state index in [2.05, 4.69) is 0 Å². The molecule has 202 valence electrons. The quantitative estimate of drug-likeness (QED) is 0.206. The molecule has 0 bridgehead atoms. The van der Waals surface area contributed by atoms with Crippen molar-refractivity contribution in [2.24, 2.45) is 11.8 Å². The first-order valence-electron chi connectivity index (χ1n) is 11.8. The molecule has 0 amide bonds. The molecule has 1 aromatic carbocycles. The molecule has 4 rings (SSSR count). The number of phenolic OH excluding ortho intramolecular Hbond substituents is 1. The van der Waals surface area contributed by atoms with Gasteiger partial charge in [-0.25, -0.2) is 9.59 Å². The standard InChI is InChI=1S/C25H30O12/c1-25(33)9-8-14-15(22(31)32)10-35-23(18(14)25)37-24-21(30)20(29)19(28)16(36-24)11-34-17(27)7-4-12-2-5-13(26)6-3-12/h2-7,10,14,16,18-21,23-24,26,28-30,33H,8-9,11H2,1H3,(H,31,32). The van der Waals surface area contributed by atoms with E-state index in [0.29, 0.717) is 18.4 Å². The largest absolute Gasteiger partial charge is 0.508 e. The van der Waals surface area contributed by atoms with Crippen LogP contribution in [-0.4, -0.2) is 91.8 Å². The Morgan fingerprint density at radius 2 is 1.81 bits per heavy atom. The van der Waals surface area contributed by atoms with Gasteiger partial charge in [0.1, 0.15) is 36.8 Å². The molecule has 2 fully saturated rings. The zero-order chi connectivity index (χ0) is 26.9. The summed E-state index contributed by atoms with van der Waals surface area (Å²) in [4.78, 5) is 23.7. The molecule has 1 saturated carbocycles. The SMILES string of the molecule is CC1(O)CCC2C(C(=O)O)=COC(OC3OC(COC(=O)C=Cc4ccc(O)cc4)C(O)C(O)C3O)C21. The molecule has 0 spiro atoms. The smallest absolute Gasteiger partial charge is 0.334 e. The lowest BCUT2D eigenvalue weighted by molar-refractivity contribution is -0.346. The molecule has 37 heavy (non-hydrogen) atoms. The van der Waals surface area contributed by atoms with Crippen molar-refractivity contribution in [3.63, 3.8) is 0 Å². The van der Waals surface area contributed by atoms with Gasteiger partial charge in [0, 0.05) is 12.0 Å². The van der Waals surface area contributed by atoms with Crippen LogP contribution >= 0.6 is 0 Å². The Labute approximate surface area is 212 Å². The molecular formula is C25H30O12. The highest BCUT2D eigenvalue weighted by Crippen LogP contribution is 2.49. The first-order chi connectivity index (χ1) is 17.5. The molecule has 2 aliphatic heterocycles. The van der Waals surface area contributed by atoms with Gasteiger partial charge in [-0.15, -0.1) is 0 Å². The molecule has 0 aromatic heterocycles. The minimum atomic E-state index is -1.72. The molecule has 12 heteroatoms. The average Bonchev–Trinajstić information content (AvgIpc) is 3.18. The van der Waals surface area contributed by atoms with Crippen molar-refractivity contribution < 1.29 is 59.2 Å². The Hall–Kier alpha value is -3.00. The highest BCUT2D eigenvalue weighted by Gasteiger charge is 2.56. The van der Waals surface area contributed by atoms with Crippen molar-refractivity contribution in [2.75, 3.05) is 6.61 Å². The number of esters is 1. The maximum atomic E-state index is 12.1. The lowest BCUT2D eigenvalue weighted by Gasteiger charge is -2.44. The average molecular weight is 523 g/mol. The van der Waals surface area contributed by atoms with Crippen LogP contribution in [0.1, 0.15) is 25.3 Å². The summed E-state index contributed by atoms with van der Waals surface area (Å²) in [5, 5.41) is 60.8. The van der Waals surface area contributed by atoms with Gasteiger partial charge in [0.05, 0.1) is 23.4 Å². The van der Waals surface area contributed by atoms with Gasteiger partial charge in [0.25, 0.3) is 0 Å². The second-order valence-corrected chi connectivity index (χ2v) is 9.62. The van der Waals surface area contributed by atoms with Crippen LogP contribution in [0.4, 0.5) is 0 Å². The number of aliphatic carboxylic acids is 1. The predicted molar refractivity (Wildman–Crippen MR) is 123 cm³/mol. The summed E-state index contributed by atoms with van der Waals surface area (Å²) in [6, 6.07) is 6.07. The molecular weight excluding hydrogens is 492 g/mol. The summed E-state index contributed by atoms with van der Waals surface area (Å²) in [5.74, 6) is -3.25. The van der Waals surface area contributed by atoms with E-state index in [9.17, 15) is 40.2 Å². The van der Waals surface area contributed by atoms with Gasteiger partial charge in [-0.2, -0.15) is 0 Å². The van der Waals surface area contributed by atoms with Crippen LogP contribution in [0.2, 0.25) is 0 Å². The number of aliphatic hydroxyl groups excluding tert-OH is 3. The zero-order valence-electron chi connectivity index (χ0n) is 19.9. The maximum Gasteiger partial charge on any atom is 0.334 e. The van der Waals surface area contributed by atoms with Crippen molar-refractivity contribution >= 4 is 18.0 Å². The number of carbonyl (C=O) groups excluding carboxylic acids is 1. The van der Waals surface area contributed by atoms with Gasteiger partial charge in [-0.1, -0.05) is 12.1 Å². The molecule has 1 saturated heterocycles. The summed E-state index contributed by atoms with van der Waals surface area (Å²) in [6.45, 7) is 1.05. The van der Waals surface area contributed by atoms with Gasteiger partial charge in [-0.05, 0) is 43.5 Å². The van der Waals surface area contributed by atoms with E-state index in [1.807, 2.05) is 0 Å². The van der Waals surface area contributed by atoms with Crippen LogP contribution in [0.3, 0.4) is 0 Å². The van der Waals surface area contributed by atoms with E-state index < -0.39 is 73.0 Å². The molecule has 1 aliphatic carbocycles. The number of carboxylic acid groups (broad SMARTS) is 1. The second-order valence-electron chi connectivity index (χ2n) is 9.62. The molecule has 3 aliphatic rings. The number of hydrogen-bond donors (Lipinski definition) is 6. The maximum absolute atomic E-state index is 12.1. The van der Waals surface area contributed by atoms with Gasteiger partial charge in [-0.3, -0.25) is 0 Å². The van der Waals surface area contributed by atoms with Gasteiger partial charge >= 0.3 is 11.9 Å². The highest BCUT2D eigenvalue weighted by atomic mass is 16.8. The van der Waals surface area contributed by atoms with E-state index in [0.717, 1.165) is 12.3 Å². The van der Waals surface area contributed by atoms with Crippen LogP contribution in [0.5, 0.6) is 5.75 Å². The minimum absolute atomic E-state index is 0.00617. The molecule has 9 atom stereocenters. The Morgan fingerprint density at radius 1 is 1.11 bits per heavy atom. The number of fused-ring (bicyclic) bond motifs is 1. The molecule has 12 nitrogen and oxygen atoms in total. The predicted octanol–water partition coefficient (Wildman–Crippen LogP) is -0.125. The number of carbonyl (C=O) groups is 2. The fourth-order valence-corrected chi connectivity index (χ4v) is 4.96. The first kappa shape index (κ1) is 27.0. The third kappa shape index (κ3) is 5.79. The van der Waals surface area contributed by atoms with E-state index in [1.54, 1.807) is 12.1 Å². The third-order valence-electron chi connectivity index (χ3n) is 7.01. The summed E-state index contributed by atoms with van der Waals surface area (Å²) in [5.41, 5.74) is -0.710. The molecule has 9 unspecified atom stereocenters. The molecule has 2 heterocycles. The number of ether oxygens (including phenoxy) is 4. The number of aliphatic hydroxyl groups is 4. The normalized spacial score (nSPS) is 37.5. The Balaban J connectivity index is 1.41. The Morgan fingerprint density at radius 3 is 2.49 bits per heavy atom.